The lowest BCUT2D eigenvalue weighted by molar-refractivity contribution is -0.136. The van der Waals surface area contributed by atoms with Gasteiger partial charge in [0.1, 0.15) is 18.0 Å². The van der Waals surface area contributed by atoms with E-state index >= 15 is 0 Å². The van der Waals surface area contributed by atoms with Gasteiger partial charge in [0, 0.05) is 24.8 Å². The van der Waals surface area contributed by atoms with Gasteiger partial charge in [-0.3, -0.25) is 19.7 Å². The summed E-state index contributed by atoms with van der Waals surface area (Å²) < 4.78 is 19.3. The molecule has 8 heteroatoms. The molecule has 2 aliphatic rings. The van der Waals surface area contributed by atoms with Crippen LogP contribution in [0.15, 0.2) is 34.8 Å². The number of piperidine rings is 1. The molecule has 23 heavy (non-hydrogen) atoms. The second-order valence-electron chi connectivity index (χ2n) is 5.31. The molecule has 1 saturated heterocycles. The van der Waals surface area contributed by atoms with Gasteiger partial charge in [-0.1, -0.05) is 0 Å². The van der Waals surface area contributed by atoms with Gasteiger partial charge in [0.25, 0.3) is 5.91 Å². The summed E-state index contributed by atoms with van der Waals surface area (Å²) in [7, 11) is 1.31. The fraction of sp³-hybridized carbons (Fsp3) is 0.400. The number of carbonyl (C=O) groups is 3. The van der Waals surface area contributed by atoms with E-state index in [9.17, 15) is 18.8 Å². The zero-order chi connectivity index (χ0) is 17.1. The molecule has 0 saturated carbocycles. The van der Waals surface area contributed by atoms with Gasteiger partial charge >= 0.3 is 0 Å². The van der Waals surface area contributed by atoms with E-state index in [-0.39, 0.29) is 35.6 Å². The van der Waals surface area contributed by atoms with Crippen LogP contribution in [0.2, 0.25) is 0 Å². The van der Waals surface area contributed by atoms with Crippen molar-refractivity contribution in [1.29, 1.82) is 0 Å². The van der Waals surface area contributed by atoms with Crippen molar-refractivity contribution < 1.29 is 23.5 Å². The lowest BCUT2D eigenvalue weighted by Gasteiger charge is -2.22. The lowest BCUT2D eigenvalue weighted by atomic mass is 10.0. The number of ether oxygens (including phenoxy) is 1. The maximum Gasteiger partial charge on any atom is 0.252 e. The van der Waals surface area contributed by atoms with Crippen LogP contribution in [0.5, 0.6) is 0 Å². The molecule has 0 radical (unpaired) electrons. The predicted molar refractivity (Wildman–Crippen MR) is 79.3 cm³/mol. The van der Waals surface area contributed by atoms with E-state index in [0.717, 1.165) is 0 Å². The van der Waals surface area contributed by atoms with E-state index in [1.54, 1.807) is 0 Å². The molecule has 2 unspecified atom stereocenters. The van der Waals surface area contributed by atoms with Crippen molar-refractivity contribution in [2.24, 2.45) is 5.73 Å². The summed E-state index contributed by atoms with van der Waals surface area (Å²) in [6, 6.07) is -0.834. The van der Waals surface area contributed by atoms with E-state index in [4.69, 9.17) is 10.5 Å². The average molecular weight is 323 g/mol. The molecular weight excluding hydrogens is 305 g/mol. The second-order valence-corrected chi connectivity index (χ2v) is 5.31. The molecule has 0 spiro atoms. The summed E-state index contributed by atoms with van der Waals surface area (Å²) in [5.41, 5.74) is 5.98. The smallest absolute Gasteiger partial charge is 0.252 e. The average Bonchev–Trinajstić information content (AvgIpc) is 2.60. The number of hydrogen-bond donors (Lipinski definition) is 3. The molecule has 4 N–H and O–H groups in total. The number of imide groups is 1. The molecule has 0 bridgehead atoms. The van der Waals surface area contributed by atoms with Crippen molar-refractivity contribution in [2.75, 3.05) is 7.11 Å². The van der Waals surface area contributed by atoms with Gasteiger partial charge in [0.15, 0.2) is 0 Å². The van der Waals surface area contributed by atoms with Crippen LogP contribution in [-0.2, 0) is 19.1 Å². The van der Waals surface area contributed by atoms with E-state index in [0.29, 0.717) is 0 Å². The van der Waals surface area contributed by atoms with Gasteiger partial charge in [-0.25, -0.2) is 4.39 Å². The monoisotopic (exact) mass is 323 g/mol. The van der Waals surface area contributed by atoms with Gasteiger partial charge in [0.05, 0.1) is 0 Å². The van der Waals surface area contributed by atoms with Crippen LogP contribution >= 0.6 is 0 Å². The molecule has 1 fully saturated rings. The number of amides is 3. The minimum atomic E-state index is -1.05. The molecule has 7 nitrogen and oxygen atoms in total. The van der Waals surface area contributed by atoms with E-state index in [1.807, 2.05) is 0 Å². The standard InChI is InChI=1S/C15H18FN3O4/c1-7-8(3-4-9(17)13(23-2)12(7)16)14(21)18-10-5-6-11(20)19-15(10)22/h3-4,10,13H,5-6,17H2,1-2H3,(H,18,21)(H,19,20,22). The first kappa shape index (κ1) is 16.9. The van der Waals surface area contributed by atoms with Crippen LogP contribution in [0, 0.1) is 0 Å². The van der Waals surface area contributed by atoms with Crippen LogP contribution < -0.4 is 16.4 Å². The van der Waals surface area contributed by atoms with Crippen molar-refractivity contribution in [1.82, 2.24) is 10.6 Å². The third-order valence-electron chi connectivity index (χ3n) is 3.76. The number of halogens is 1. The highest BCUT2D eigenvalue weighted by molar-refractivity contribution is 6.05. The fourth-order valence-electron chi connectivity index (χ4n) is 2.42. The minimum absolute atomic E-state index is 0.0506. The van der Waals surface area contributed by atoms with Crippen molar-refractivity contribution >= 4 is 17.7 Å². The molecule has 0 aromatic heterocycles. The number of allylic oxidation sites excluding steroid dienone is 2. The van der Waals surface area contributed by atoms with Gasteiger partial charge < -0.3 is 15.8 Å². The first-order valence-corrected chi connectivity index (χ1v) is 7.06. The van der Waals surface area contributed by atoms with Crippen LogP contribution in [0.3, 0.4) is 0 Å². The Kier molecular flexibility index (Phi) is 4.95. The lowest BCUT2D eigenvalue weighted by Crippen LogP contribution is -2.52. The summed E-state index contributed by atoms with van der Waals surface area (Å²) in [5.74, 6) is -2.23. The summed E-state index contributed by atoms with van der Waals surface area (Å²) in [5, 5.41) is 4.65. The second kappa shape index (κ2) is 6.74. The Labute approximate surface area is 132 Å². The van der Waals surface area contributed by atoms with Crippen LogP contribution in [0.25, 0.3) is 0 Å². The van der Waals surface area contributed by atoms with Gasteiger partial charge in [0.2, 0.25) is 11.8 Å². The van der Waals surface area contributed by atoms with Crippen molar-refractivity contribution in [3.63, 3.8) is 0 Å². The Balaban J connectivity index is 2.20. The van der Waals surface area contributed by atoms with Crippen LogP contribution in [0.4, 0.5) is 4.39 Å². The fourth-order valence-corrected chi connectivity index (χ4v) is 2.42. The third-order valence-corrected chi connectivity index (χ3v) is 3.76. The number of hydrogen-bond acceptors (Lipinski definition) is 5. The largest absolute Gasteiger partial charge is 0.400 e. The predicted octanol–water partition coefficient (Wildman–Crippen LogP) is -0.0511. The molecule has 1 heterocycles. The number of rotatable bonds is 3. The topological polar surface area (TPSA) is 111 Å². The number of methoxy groups -OCH3 is 1. The van der Waals surface area contributed by atoms with Gasteiger partial charge in [-0.2, -0.15) is 0 Å². The SMILES string of the molecule is COC1C(N)=CC=C(C(=O)NC2CCC(=O)NC2=O)C(C)=C1F. The molecule has 3 amide bonds. The maximum atomic E-state index is 14.4. The molecule has 124 valence electrons. The molecular formula is C15H18FN3O4. The summed E-state index contributed by atoms with van der Waals surface area (Å²) in [6.45, 7) is 1.43. The molecule has 0 aromatic rings. The van der Waals surface area contributed by atoms with Crippen molar-refractivity contribution in [2.45, 2.75) is 31.9 Å². The Morgan fingerprint density at radius 2 is 2.13 bits per heavy atom. The maximum absolute atomic E-state index is 14.4. The Hall–Kier alpha value is -2.48. The quantitative estimate of drug-likeness (QED) is 0.631. The number of nitrogens with one attached hydrogen (secondary N) is 2. The minimum Gasteiger partial charge on any atom is -0.400 e. The Morgan fingerprint density at radius 1 is 1.43 bits per heavy atom. The van der Waals surface area contributed by atoms with Crippen LogP contribution in [0.1, 0.15) is 19.8 Å². The molecule has 2 atom stereocenters. The summed E-state index contributed by atoms with van der Waals surface area (Å²) in [6.07, 6.45) is 2.06. The highest BCUT2D eigenvalue weighted by Crippen LogP contribution is 2.26. The molecule has 0 aromatic carbocycles. The normalized spacial score (nSPS) is 25.3. The zero-order valence-corrected chi connectivity index (χ0v) is 12.8. The summed E-state index contributed by atoms with van der Waals surface area (Å²) in [4.78, 5) is 35.1. The first-order chi connectivity index (χ1) is 10.8. The Bertz CT molecular complexity index is 651. The van der Waals surface area contributed by atoms with Crippen LogP contribution in [-0.4, -0.2) is 37.0 Å². The highest BCUT2D eigenvalue weighted by atomic mass is 19.1. The zero-order valence-electron chi connectivity index (χ0n) is 12.8. The highest BCUT2D eigenvalue weighted by Gasteiger charge is 2.30. The third kappa shape index (κ3) is 3.48. The van der Waals surface area contributed by atoms with Crippen molar-refractivity contribution in [3.05, 3.63) is 34.8 Å². The van der Waals surface area contributed by atoms with Crippen molar-refractivity contribution in [3.8, 4) is 0 Å². The summed E-state index contributed by atoms with van der Waals surface area (Å²) >= 11 is 0. The number of nitrogens with two attached hydrogens (primary N) is 1. The van der Waals surface area contributed by atoms with E-state index < -0.39 is 29.8 Å². The van der Waals surface area contributed by atoms with E-state index in [2.05, 4.69) is 10.6 Å². The van der Waals surface area contributed by atoms with Gasteiger partial charge in [-0.15, -0.1) is 0 Å². The molecule has 2 rings (SSSR count). The first-order valence-electron chi connectivity index (χ1n) is 7.06. The van der Waals surface area contributed by atoms with E-state index in [1.165, 1.54) is 26.2 Å². The molecule has 1 aliphatic carbocycles. The van der Waals surface area contributed by atoms with Gasteiger partial charge in [-0.05, 0) is 31.1 Å². The Morgan fingerprint density at radius 3 is 2.74 bits per heavy atom. The molecule has 1 aliphatic heterocycles. The number of carbonyl (C=O) groups excluding carboxylic acids is 3.